The molecule has 1 unspecified atom stereocenters. The molecule has 1 aliphatic carbocycles. The smallest absolute Gasteiger partial charge is 0.0493 e. The summed E-state index contributed by atoms with van der Waals surface area (Å²) in [4.78, 5) is 0. The molecule has 1 atom stereocenters. The highest BCUT2D eigenvalue weighted by Gasteiger charge is 2.03. The summed E-state index contributed by atoms with van der Waals surface area (Å²) >= 11 is 0. The Labute approximate surface area is 54.6 Å². The largest absolute Gasteiger partial charge is 0.321 e. The zero-order valence-corrected chi connectivity index (χ0v) is 5.17. The molecule has 1 rings (SSSR count). The van der Waals surface area contributed by atoms with E-state index in [1.165, 1.54) is 6.21 Å². The minimum Gasteiger partial charge on any atom is -0.321 e. The summed E-state index contributed by atoms with van der Waals surface area (Å²) in [6, 6.07) is -0.0451. The molecule has 0 aromatic carbocycles. The third kappa shape index (κ3) is 1.27. The van der Waals surface area contributed by atoms with Crippen molar-refractivity contribution in [2.24, 2.45) is 5.73 Å². The molecule has 0 saturated heterocycles. The summed E-state index contributed by atoms with van der Waals surface area (Å²) in [6.45, 7) is 0. The first-order valence-corrected chi connectivity index (χ1v) is 2.97. The van der Waals surface area contributed by atoms with E-state index in [4.69, 9.17) is 11.1 Å². The van der Waals surface area contributed by atoms with Gasteiger partial charge in [-0.1, -0.05) is 18.2 Å². The molecule has 9 heavy (non-hydrogen) atoms. The first-order valence-electron chi connectivity index (χ1n) is 2.97. The number of rotatable bonds is 1. The molecular weight excluding hydrogens is 112 g/mol. The van der Waals surface area contributed by atoms with Crippen molar-refractivity contribution in [3.63, 3.8) is 0 Å². The molecule has 0 amide bonds. The maximum absolute atomic E-state index is 6.92. The lowest BCUT2D eigenvalue weighted by atomic mass is 10.0. The fourth-order valence-electron chi connectivity index (χ4n) is 0.832. The maximum atomic E-state index is 6.92. The molecule has 0 bridgehead atoms. The van der Waals surface area contributed by atoms with Crippen molar-refractivity contribution >= 4 is 6.21 Å². The quantitative estimate of drug-likeness (QED) is 0.393. The minimum atomic E-state index is -0.0451. The fourth-order valence-corrected chi connectivity index (χ4v) is 0.832. The lowest BCUT2D eigenvalue weighted by Gasteiger charge is -2.09. The van der Waals surface area contributed by atoms with Gasteiger partial charge in [-0.25, -0.2) is 0 Å². The first kappa shape index (κ1) is 6.23. The van der Waals surface area contributed by atoms with Crippen molar-refractivity contribution in [1.82, 2.24) is 0 Å². The van der Waals surface area contributed by atoms with Crippen molar-refractivity contribution in [1.29, 1.82) is 5.41 Å². The molecule has 3 N–H and O–H groups in total. The van der Waals surface area contributed by atoms with E-state index in [-0.39, 0.29) is 6.04 Å². The van der Waals surface area contributed by atoms with Gasteiger partial charge >= 0.3 is 0 Å². The summed E-state index contributed by atoms with van der Waals surface area (Å²) in [5.74, 6) is 0. The van der Waals surface area contributed by atoms with Gasteiger partial charge in [0.2, 0.25) is 0 Å². The molecule has 0 aromatic heterocycles. The van der Waals surface area contributed by atoms with E-state index in [0.29, 0.717) is 0 Å². The van der Waals surface area contributed by atoms with Gasteiger partial charge < -0.3 is 11.1 Å². The van der Waals surface area contributed by atoms with Crippen molar-refractivity contribution in [2.75, 3.05) is 0 Å². The van der Waals surface area contributed by atoms with Crippen LogP contribution < -0.4 is 5.73 Å². The third-order valence-corrected chi connectivity index (χ3v) is 1.38. The second-order valence-electron chi connectivity index (χ2n) is 2.04. The van der Waals surface area contributed by atoms with E-state index in [1.807, 2.05) is 18.2 Å². The zero-order chi connectivity index (χ0) is 6.69. The Hall–Kier alpha value is -0.890. The average molecular weight is 122 g/mol. The van der Waals surface area contributed by atoms with Gasteiger partial charge in [0.25, 0.3) is 0 Å². The van der Waals surface area contributed by atoms with Crippen LogP contribution in [0.4, 0.5) is 0 Å². The third-order valence-electron chi connectivity index (χ3n) is 1.38. The van der Waals surface area contributed by atoms with E-state index in [1.54, 1.807) is 0 Å². The van der Waals surface area contributed by atoms with E-state index < -0.39 is 0 Å². The monoisotopic (exact) mass is 122 g/mol. The van der Waals surface area contributed by atoms with E-state index in [0.717, 1.165) is 12.0 Å². The number of allylic oxidation sites excluding steroid dienone is 2. The number of nitrogens with one attached hydrogen (secondary N) is 1. The summed E-state index contributed by atoms with van der Waals surface area (Å²) in [5.41, 5.74) is 6.50. The number of nitrogens with two attached hydrogens (primary N) is 1. The molecule has 0 heterocycles. The van der Waals surface area contributed by atoms with Crippen LogP contribution in [0.1, 0.15) is 6.42 Å². The second kappa shape index (κ2) is 2.60. The predicted octanol–water partition coefficient (Wildman–Crippen LogP) is 0.850. The Morgan fingerprint density at radius 1 is 1.78 bits per heavy atom. The Balaban J connectivity index is 2.70. The first-order chi connectivity index (χ1) is 4.34. The molecule has 0 radical (unpaired) electrons. The molecule has 0 spiro atoms. The van der Waals surface area contributed by atoms with E-state index >= 15 is 0 Å². The molecule has 2 heteroatoms. The van der Waals surface area contributed by atoms with Gasteiger partial charge in [-0.15, -0.1) is 0 Å². The molecular formula is C7H10N2. The maximum Gasteiger partial charge on any atom is 0.0493 e. The van der Waals surface area contributed by atoms with Crippen LogP contribution in [0.15, 0.2) is 23.8 Å². The van der Waals surface area contributed by atoms with Crippen LogP contribution in [-0.4, -0.2) is 12.3 Å². The van der Waals surface area contributed by atoms with Gasteiger partial charge in [-0.05, 0) is 12.0 Å². The van der Waals surface area contributed by atoms with Crippen molar-refractivity contribution < 1.29 is 0 Å². The van der Waals surface area contributed by atoms with Crippen LogP contribution in [0.25, 0.3) is 0 Å². The van der Waals surface area contributed by atoms with Crippen molar-refractivity contribution in [2.45, 2.75) is 12.5 Å². The lowest BCUT2D eigenvalue weighted by molar-refractivity contribution is 0.962. The van der Waals surface area contributed by atoms with Gasteiger partial charge in [0.15, 0.2) is 0 Å². The standard InChI is InChI=1S/C7H10N2/c8-5-6-3-1-2-4-7(6)9/h2-5,7-8H,1,9H2. The van der Waals surface area contributed by atoms with Crippen LogP contribution >= 0.6 is 0 Å². The van der Waals surface area contributed by atoms with Gasteiger partial charge in [0.1, 0.15) is 0 Å². The highest BCUT2D eigenvalue weighted by atomic mass is 14.6. The zero-order valence-electron chi connectivity index (χ0n) is 5.17. The molecule has 0 aromatic rings. The normalized spacial score (nSPS) is 25.4. The number of hydrogen-bond acceptors (Lipinski definition) is 2. The van der Waals surface area contributed by atoms with Crippen molar-refractivity contribution in [3.05, 3.63) is 23.8 Å². The Kier molecular flexibility index (Phi) is 1.80. The Morgan fingerprint density at radius 3 is 3.00 bits per heavy atom. The summed E-state index contributed by atoms with van der Waals surface area (Å²) in [5, 5.41) is 6.92. The minimum absolute atomic E-state index is 0.0451. The summed E-state index contributed by atoms with van der Waals surface area (Å²) < 4.78 is 0. The SMILES string of the molecule is N=CC1=CCC=CC1N. The Morgan fingerprint density at radius 2 is 2.56 bits per heavy atom. The fraction of sp³-hybridized carbons (Fsp3) is 0.286. The molecule has 2 nitrogen and oxygen atoms in total. The summed E-state index contributed by atoms with van der Waals surface area (Å²) in [7, 11) is 0. The van der Waals surface area contributed by atoms with Crippen LogP contribution in [0, 0.1) is 5.41 Å². The molecule has 0 aliphatic heterocycles. The highest BCUT2D eigenvalue weighted by Crippen LogP contribution is 2.06. The Bertz CT molecular complexity index is 168. The molecule has 48 valence electrons. The van der Waals surface area contributed by atoms with Gasteiger partial charge in [-0.3, -0.25) is 0 Å². The second-order valence-corrected chi connectivity index (χ2v) is 2.04. The lowest BCUT2D eigenvalue weighted by Crippen LogP contribution is -2.21. The highest BCUT2D eigenvalue weighted by molar-refractivity contribution is 5.78. The van der Waals surface area contributed by atoms with Gasteiger partial charge in [0.05, 0.1) is 0 Å². The predicted molar refractivity (Wildman–Crippen MR) is 38.6 cm³/mol. The van der Waals surface area contributed by atoms with E-state index in [2.05, 4.69) is 0 Å². The van der Waals surface area contributed by atoms with Crippen LogP contribution in [-0.2, 0) is 0 Å². The van der Waals surface area contributed by atoms with Crippen LogP contribution in [0.2, 0.25) is 0 Å². The average Bonchev–Trinajstić information content (AvgIpc) is 1.89. The van der Waals surface area contributed by atoms with Gasteiger partial charge in [-0.2, -0.15) is 0 Å². The van der Waals surface area contributed by atoms with Crippen molar-refractivity contribution in [3.8, 4) is 0 Å². The van der Waals surface area contributed by atoms with E-state index in [9.17, 15) is 0 Å². The number of hydrogen-bond donors (Lipinski definition) is 2. The molecule has 1 aliphatic rings. The van der Waals surface area contributed by atoms with Crippen LogP contribution in [0.5, 0.6) is 0 Å². The van der Waals surface area contributed by atoms with Gasteiger partial charge in [0, 0.05) is 12.3 Å². The molecule has 0 fully saturated rings. The summed E-state index contributed by atoms with van der Waals surface area (Å²) in [6.07, 6.45) is 8.13. The topological polar surface area (TPSA) is 49.9 Å². The molecule has 0 saturated carbocycles. The van der Waals surface area contributed by atoms with Crippen LogP contribution in [0.3, 0.4) is 0 Å².